The quantitative estimate of drug-likeness (QED) is 0.537. The molecule has 1 aliphatic heterocycles. The normalized spacial score (nSPS) is 20.1. The highest BCUT2D eigenvalue weighted by Crippen LogP contribution is 2.48. The molecule has 0 amide bonds. The zero-order valence-electron chi connectivity index (χ0n) is 18.5. The van der Waals surface area contributed by atoms with Crippen LogP contribution in [0.25, 0.3) is 16.7 Å². The third-order valence-electron chi connectivity index (χ3n) is 6.63. The van der Waals surface area contributed by atoms with Gasteiger partial charge in [0.05, 0.1) is 5.57 Å². The van der Waals surface area contributed by atoms with E-state index in [2.05, 4.69) is 0 Å². The van der Waals surface area contributed by atoms with Crippen LogP contribution in [0.2, 0.25) is 0 Å². The Morgan fingerprint density at radius 1 is 0.938 bits per heavy atom. The minimum atomic E-state index is -1.25. The van der Waals surface area contributed by atoms with E-state index in [0.29, 0.717) is 42.0 Å². The molecule has 0 radical (unpaired) electrons. The van der Waals surface area contributed by atoms with E-state index in [1.54, 1.807) is 32.0 Å². The number of aliphatic hydroxyl groups excluding tert-OH is 1. The summed E-state index contributed by atoms with van der Waals surface area (Å²) in [4.78, 5) is 13.3. The van der Waals surface area contributed by atoms with Crippen molar-refractivity contribution in [2.45, 2.75) is 70.5 Å². The number of Topliss-reactive ketones (excluding diaryl/α,β-unsaturated/α-hetero) is 1. The fraction of sp³-hybridized carbons (Fsp3) is 0.423. The summed E-state index contributed by atoms with van der Waals surface area (Å²) in [5.74, 6) is -3.60. The second-order valence-corrected chi connectivity index (χ2v) is 9.19. The summed E-state index contributed by atoms with van der Waals surface area (Å²) in [6.07, 6.45) is 4.62. The van der Waals surface area contributed by atoms with Gasteiger partial charge in [0.2, 0.25) is 0 Å². The Kier molecular flexibility index (Phi) is 5.70. The number of ether oxygens (including phenoxy) is 1. The zero-order valence-corrected chi connectivity index (χ0v) is 18.5. The summed E-state index contributed by atoms with van der Waals surface area (Å²) in [7, 11) is 0. The number of benzene rings is 2. The van der Waals surface area contributed by atoms with Crippen molar-refractivity contribution in [2.75, 3.05) is 0 Å². The van der Waals surface area contributed by atoms with Gasteiger partial charge in [0.15, 0.2) is 17.4 Å². The molecule has 2 aromatic rings. The molecule has 1 heterocycles. The predicted octanol–water partition coefficient (Wildman–Crippen LogP) is 6.68. The number of hydrogen-bond acceptors (Lipinski definition) is 3. The average Bonchev–Trinajstić information content (AvgIpc) is 2.76. The molecule has 0 atom stereocenters. The molecule has 1 fully saturated rings. The van der Waals surface area contributed by atoms with Gasteiger partial charge >= 0.3 is 0 Å². The smallest absolute Gasteiger partial charge is 0.198 e. The third-order valence-corrected chi connectivity index (χ3v) is 6.63. The topological polar surface area (TPSA) is 46.5 Å². The molecule has 32 heavy (non-hydrogen) atoms. The van der Waals surface area contributed by atoms with Crippen LogP contribution in [0.3, 0.4) is 0 Å². The number of carbonyl (C=O) groups excluding carboxylic acids is 1. The summed E-state index contributed by atoms with van der Waals surface area (Å²) in [5, 5.41) is 11.3. The van der Waals surface area contributed by atoms with Crippen molar-refractivity contribution in [3.8, 4) is 11.1 Å². The molecule has 4 rings (SSSR count). The Hall–Kier alpha value is -2.60. The molecule has 2 aliphatic rings. The molecular weight excluding hydrogens is 417 g/mol. The first-order chi connectivity index (χ1) is 15.1. The maximum absolute atomic E-state index is 14.3. The monoisotopic (exact) mass is 444 g/mol. The van der Waals surface area contributed by atoms with E-state index in [0.717, 1.165) is 25.3 Å². The van der Waals surface area contributed by atoms with Crippen LogP contribution in [0.1, 0.15) is 64.0 Å². The molecule has 0 aromatic heterocycles. The second-order valence-electron chi connectivity index (χ2n) is 9.19. The molecule has 0 saturated heterocycles. The van der Waals surface area contributed by atoms with Crippen LogP contribution in [-0.2, 0) is 16.0 Å². The van der Waals surface area contributed by atoms with Gasteiger partial charge in [0.1, 0.15) is 22.8 Å². The van der Waals surface area contributed by atoms with Gasteiger partial charge in [0, 0.05) is 11.6 Å². The fourth-order valence-corrected chi connectivity index (χ4v) is 4.97. The summed E-state index contributed by atoms with van der Waals surface area (Å²) >= 11 is 0. The SMILES string of the molecule is CCc1cc(-c2cc(F)c(F)cc2F)ccc1C1=C(O)C2(CCCCC2)OC(C)(C)C1=O. The lowest BCUT2D eigenvalue weighted by atomic mass is 9.74. The standard InChI is InChI=1S/C26H27F3O3/c1-4-15-12-16(18-13-20(28)21(29)14-19(18)27)8-9-17(15)22-23(30)25(2,3)32-26(24(22)31)10-6-5-7-11-26/h8-9,12-14,31H,4-7,10-11H2,1-3H3. The number of aryl methyl sites for hydroxylation is 1. The number of carbonyl (C=O) groups is 1. The van der Waals surface area contributed by atoms with Gasteiger partial charge in [-0.2, -0.15) is 0 Å². The van der Waals surface area contributed by atoms with Crippen molar-refractivity contribution < 1.29 is 27.8 Å². The Labute approximate surface area is 185 Å². The van der Waals surface area contributed by atoms with E-state index in [9.17, 15) is 23.1 Å². The number of hydrogen-bond donors (Lipinski definition) is 1. The van der Waals surface area contributed by atoms with E-state index in [4.69, 9.17) is 4.74 Å². The lowest BCUT2D eigenvalue weighted by Crippen LogP contribution is -2.53. The van der Waals surface area contributed by atoms with Gasteiger partial charge in [-0.3, -0.25) is 4.79 Å². The first kappa shape index (κ1) is 22.6. The summed E-state index contributed by atoms with van der Waals surface area (Å²) in [6.45, 7) is 5.32. The minimum Gasteiger partial charge on any atom is -0.508 e. The number of rotatable bonds is 3. The number of halogens is 3. The van der Waals surface area contributed by atoms with Crippen LogP contribution in [0.15, 0.2) is 36.1 Å². The van der Waals surface area contributed by atoms with Crippen LogP contribution in [0.5, 0.6) is 0 Å². The highest BCUT2D eigenvalue weighted by atomic mass is 19.2. The van der Waals surface area contributed by atoms with Crippen molar-refractivity contribution in [2.24, 2.45) is 0 Å². The third kappa shape index (κ3) is 3.64. The molecule has 170 valence electrons. The number of ketones is 1. The van der Waals surface area contributed by atoms with Crippen LogP contribution in [-0.4, -0.2) is 22.1 Å². The summed E-state index contributed by atoms with van der Waals surface area (Å²) in [5.41, 5.74) is -0.195. The molecule has 1 spiro atoms. The van der Waals surface area contributed by atoms with Crippen LogP contribution in [0.4, 0.5) is 13.2 Å². The Morgan fingerprint density at radius 2 is 1.59 bits per heavy atom. The second kappa shape index (κ2) is 8.07. The summed E-state index contributed by atoms with van der Waals surface area (Å²) in [6, 6.07) is 6.23. The molecule has 1 aliphatic carbocycles. The maximum atomic E-state index is 14.3. The van der Waals surface area contributed by atoms with Gasteiger partial charge in [-0.15, -0.1) is 0 Å². The minimum absolute atomic E-state index is 0.0389. The molecular formula is C26H27F3O3. The average molecular weight is 444 g/mol. The molecule has 1 N–H and O–H groups in total. The van der Waals surface area contributed by atoms with Gasteiger partial charge in [-0.25, -0.2) is 13.2 Å². The van der Waals surface area contributed by atoms with Gasteiger partial charge in [0.25, 0.3) is 0 Å². The molecule has 0 bridgehead atoms. The Balaban J connectivity index is 1.88. The number of aliphatic hydroxyl groups is 1. The van der Waals surface area contributed by atoms with Crippen molar-refractivity contribution in [3.05, 3.63) is 64.7 Å². The van der Waals surface area contributed by atoms with Gasteiger partial charge in [-0.1, -0.05) is 44.4 Å². The lowest BCUT2D eigenvalue weighted by molar-refractivity contribution is -0.172. The van der Waals surface area contributed by atoms with E-state index < -0.39 is 28.7 Å². The van der Waals surface area contributed by atoms with E-state index >= 15 is 0 Å². The van der Waals surface area contributed by atoms with Crippen molar-refractivity contribution >= 4 is 11.4 Å². The van der Waals surface area contributed by atoms with E-state index in [-0.39, 0.29) is 22.7 Å². The highest BCUT2D eigenvalue weighted by molar-refractivity contribution is 6.26. The van der Waals surface area contributed by atoms with Crippen molar-refractivity contribution in [1.82, 2.24) is 0 Å². The van der Waals surface area contributed by atoms with Crippen LogP contribution < -0.4 is 0 Å². The molecule has 1 saturated carbocycles. The maximum Gasteiger partial charge on any atom is 0.198 e. The lowest BCUT2D eigenvalue weighted by Gasteiger charge is -2.46. The van der Waals surface area contributed by atoms with Gasteiger partial charge in [-0.05, 0) is 55.9 Å². The highest BCUT2D eigenvalue weighted by Gasteiger charge is 2.52. The molecule has 3 nitrogen and oxygen atoms in total. The Morgan fingerprint density at radius 3 is 2.25 bits per heavy atom. The van der Waals surface area contributed by atoms with Crippen molar-refractivity contribution in [3.63, 3.8) is 0 Å². The largest absolute Gasteiger partial charge is 0.508 e. The van der Waals surface area contributed by atoms with Gasteiger partial charge < -0.3 is 9.84 Å². The summed E-state index contributed by atoms with van der Waals surface area (Å²) < 4.78 is 47.7. The van der Waals surface area contributed by atoms with E-state index in [1.807, 2.05) is 6.92 Å². The van der Waals surface area contributed by atoms with Crippen molar-refractivity contribution in [1.29, 1.82) is 0 Å². The first-order valence-electron chi connectivity index (χ1n) is 11.1. The molecule has 6 heteroatoms. The first-order valence-corrected chi connectivity index (χ1v) is 11.1. The molecule has 2 aromatic carbocycles. The zero-order chi connectivity index (χ0) is 23.3. The van der Waals surface area contributed by atoms with E-state index in [1.165, 1.54) is 0 Å². The Bertz CT molecular complexity index is 1110. The molecule has 0 unspecified atom stereocenters. The van der Waals surface area contributed by atoms with Crippen LogP contribution in [0, 0.1) is 17.5 Å². The van der Waals surface area contributed by atoms with Crippen LogP contribution >= 0.6 is 0 Å². The fourth-order valence-electron chi connectivity index (χ4n) is 4.97. The predicted molar refractivity (Wildman–Crippen MR) is 117 cm³/mol.